The average Bonchev–Trinajstić information content (AvgIpc) is 2.27. The van der Waals surface area contributed by atoms with Gasteiger partial charge in [-0.25, -0.2) is 4.79 Å². The van der Waals surface area contributed by atoms with Gasteiger partial charge < -0.3 is 5.11 Å². The number of hydrazone groups is 1. The van der Waals surface area contributed by atoms with Crippen molar-refractivity contribution in [3.05, 3.63) is 29.8 Å². The van der Waals surface area contributed by atoms with E-state index >= 15 is 0 Å². The Morgan fingerprint density at radius 1 is 1.38 bits per heavy atom. The lowest BCUT2D eigenvalue weighted by Gasteiger charge is -2.02. The third kappa shape index (κ3) is 3.73. The second kappa shape index (κ2) is 5.90. The standard InChI is InChI=1S/C12H16N2O2/c1-3-4-9(2)13-14-11-7-5-10(6-8-11)12(15)16/h5-8,14H,3-4H2,1-2H3,(H,15,16)/b13-9-. The second-order valence-corrected chi connectivity index (χ2v) is 3.59. The van der Waals surface area contributed by atoms with Gasteiger partial charge in [-0.05, 0) is 37.6 Å². The Morgan fingerprint density at radius 2 is 2.00 bits per heavy atom. The minimum Gasteiger partial charge on any atom is -0.478 e. The van der Waals surface area contributed by atoms with E-state index in [1.807, 2.05) is 6.92 Å². The van der Waals surface area contributed by atoms with E-state index in [1.165, 1.54) is 0 Å². The van der Waals surface area contributed by atoms with Crippen molar-refractivity contribution < 1.29 is 9.90 Å². The predicted molar refractivity (Wildman–Crippen MR) is 65.0 cm³/mol. The van der Waals surface area contributed by atoms with E-state index in [-0.39, 0.29) is 5.56 Å². The Bertz CT molecular complexity index is 383. The first-order valence-electron chi connectivity index (χ1n) is 5.26. The Kier molecular flexibility index (Phi) is 4.51. The summed E-state index contributed by atoms with van der Waals surface area (Å²) in [6.07, 6.45) is 2.02. The van der Waals surface area contributed by atoms with Crippen LogP contribution in [0.15, 0.2) is 29.4 Å². The van der Waals surface area contributed by atoms with Crippen molar-refractivity contribution in [2.45, 2.75) is 26.7 Å². The monoisotopic (exact) mass is 220 g/mol. The zero-order chi connectivity index (χ0) is 12.0. The molecule has 1 aromatic carbocycles. The molecular weight excluding hydrogens is 204 g/mol. The molecule has 0 bridgehead atoms. The van der Waals surface area contributed by atoms with Crippen LogP contribution in [0.3, 0.4) is 0 Å². The molecule has 1 rings (SSSR count). The summed E-state index contributed by atoms with van der Waals surface area (Å²) in [7, 11) is 0. The van der Waals surface area contributed by atoms with Crippen molar-refractivity contribution in [2.75, 3.05) is 5.43 Å². The number of nitrogens with zero attached hydrogens (tertiary/aromatic N) is 1. The molecule has 0 unspecified atom stereocenters. The highest BCUT2D eigenvalue weighted by Crippen LogP contribution is 2.09. The molecule has 0 heterocycles. The van der Waals surface area contributed by atoms with E-state index in [0.717, 1.165) is 24.2 Å². The summed E-state index contributed by atoms with van der Waals surface area (Å²) in [6, 6.07) is 6.50. The third-order valence-electron chi connectivity index (χ3n) is 2.12. The molecule has 2 N–H and O–H groups in total. The van der Waals surface area contributed by atoms with Gasteiger partial charge in [0.25, 0.3) is 0 Å². The molecule has 0 fully saturated rings. The van der Waals surface area contributed by atoms with E-state index in [1.54, 1.807) is 24.3 Å². The molecule has 0 aromatic heterocycles. The zero-order valence-electron chi connectivity index (χ0n) is 9.53. The number of benzene rings is 1. The predicted octanol–water partition coefficient (Wildman–Crippen LogP) is 2.97. The number of hydrogen-bond acceptors (Lipinski definition) is 3. The fraction of sp³-hybridized carbons (Fsp3) is 0.333. The van der Waals surface area contributed by atoms with E-state index < -0.39 is 5.97 Å². The molecule has 0 atom stereocenters. The minimum atomic E-state index is -0.919. The van der Waals surface area contributed by atoms with Crippen molar-refractivity contribution in [1.82, 2.24) is 0 Å². The maximum atomic E-state index is 10.6. The fourth-order valence-electron chi connectivity index (χ4n) is 1.27. The summed E-state index contributed by atoms with van der Waals surface area (Å²) in [4.78, 5) is 10.6. The number of carboxylic acids is 1. The van der Waals surface area contributed by atoms with Gasteiger partial charge in [0.2, 0.25) is 0 Å². The molecule has 4 heteroatoms. The Balaban J connectivity index is 2.62. The molecule has 16 heavy (non-hydrogen) atoms. The van der Waals surface area contributed by atoms with Crippen molar-refractivity contribution in [2.24, 2.45) is 5.10 Å². The van der Waals surface area contributed by atoms with Gasteiger partial charge in [-0.15, -0.1) is 0 Å². The SMILES string of the molecule is CCC/C(C)=N\Nc1ccc(C(=O)O)cc1. The molecule has 4 nitrogen and oxygen atoms in total. The fourth-order valence-corrected chi connectivity index (χ4v) is 1.27. The first kappa shape index (κ1) is 12.2. The maximum Gasteiger partial charge on any atom is 0.335 e. The van der Waals surface area contributed by atoms with Gasteiger partial charge in [-0.2, -0.15) is 5.10 Å². The topological polar surface area (TPSA) is 61.7 Å². The summed E-state index contributed by atoms with van der Waals surface area (Å²) < 4.78 is 0. The van der Waals surface area contributed by atoms with Crippen molar-refractivity contribution in [1.29, 1.82) is 0 Å². The lowest BCUT2D eigenvalue weighted by atomic mass is 10.2. The summed E-state index contributed by atoms with van der Waals surface area (Å²) in [6.45, 7) is 4.06. The zero-order valence-corrected chi connectivity index (χ0v) is 9.53. The molecule has 86 valence electrons. The van der Waals surface area contributed by atoms with Crippen LogP contribution in [0.2, 0.25) is 0 Å². The van der Waals surface area contributed by atoms with Gasteiger partial charge in [0.1, 0.15) is 0 Å². The smallest absolute Gasteiger partial charge is 0.335 e. The second-order valence-electron chi connectivity index (χ2n) is 3.59. The van der Waals surface area contributed by atoms with Crippen molar-refractivity contribution >= 4 is 17.4 Å². The molecule has 0 aliphatic heterocycles. The summed E-state index contributed by atoms with van der Waals surface area (Å²) in [5.41, 5.74) is 4.99. The first-order valence-corrected chi connectivity index (χ1v) is 5.26. The van der Waals surface area contributed by atoms with Gasteiger partial charge in [-0.1, -0.05) is 13.3 Å². The minimum absolute atomic E-state index is 0.278. The molecular formula is C12H16N2O2. The van der Waals surface area contributed by atoms with Gasteiger partial charge in [0, 0.05) is 5.71 Å². The van der Waals surface area contributed by atoms with E-state index in [4.69, 9.17) is 5.11 Å². The normalized spacial score (nSPS) is 11.2. The Morgan fingerprint density at radius 3 is 2.50 bits per heavy atom. The molecule has 1 aromatic rings. The lowest BCUT2D eigenvalue weighted by molar-refractivity contribution is 0.0697. The molecule has 0 aliphatic carbocycles. The quantitative estimate of drug-likeness (QED) is 0.592. The number of aromatic carboxylic acids is 1. The van der Waals surface area contributed by atoms with E-state index in [0.29, 0.717) is 0 Å². The average molecular weight is 220 g/mol. The van der Waals surface area contributed by atoms with Crippen LogP contribution in [0.5, 0.6) is 0 Å². The number of rotatable bonds is 5. The first-order chi connectivity index (χ1) is 7.63. The van der Waals surface area contributed by atoms with Crippen LogP contribution in [0.1, 0.15) is 37.0 Å². The van der Waals surface area contributed by atoms with Crippen LogP contribution in [0.25, 0.3) is 0 Å². The van der Waals surface area contributed by atoms with Gasteiger partial charge in [0.15, 0.2) is 0 Å². The number of hydrogen-bond donors (Lipinski definition) is 2. The van der Waals surface area contributed by atoms with Crippen LogP contribution in [-0.2, 0) is 0 Å². The van der Waals surface area contributed by atoms with E-state index in [2.05, 4.69) is 17.5 Å². The van der Waals surface area contributed by atoms with Gasteiger partial charge in [-0.3, -0.25) is 5.43 Å². The molecule has 0 saturated carbocycles. The molecule has 0 saturated heterocycles. The van der Waals surface area contributed by atoms with Crippen LogP contribution in [0, 0.1) is 0 Å². The number of carboxylic acid groups (broad SMARTS) is 1. The highest BCUT2D eigenvalue weighted by Gasteiger charge is 2.00. The molecule has 0 aliphatic rings. The summed E-state index contributed by atoms with van der Waals surface area (Å²) >= 11 is 0. The van der Waals surface area contributed by atoms with Crippen LogP contribution >= 0.6 is 0 Å². The Labute approximate surface area is 95.0 Å². The summed E-state index contributed by atoms with van der Waals surface area (Å²) in [5.74, 6) is -0.919. The third-order valence-corrected chi connectivity index (χ3v) is 2.12. The lowest BCUT2D eigenvalue weighted by Crippen LogP contribution is -1.98. The Hall–Kier alpha value is -1.84. The number of anilines is 1. The van der Waals surface area contributed by atoms with Crippen LogP contribution in [0.4, 0.5) is 5.69 Å². The molecule has 0 radical (unpaired) electrons. The number of carbonyl (C=O) groups is 1. The number of nitrogens with one attached hydrogen (secondary N) is 1. The van der Waals surface area contributed by atoms with Crippen LogP contribution < -0.4 is 5.43 Å². The van der Waals surface area contributed by atoms with Crippen molar-refractivity contribution in [3.8, 4) is 0 Å². The van der Waals surface area contributed by atoms with Crippen molar-refractivity contribution in [3.63, 3.8) is 0 Å². The van der Waals surface area contributed by atoms with E-state index in [9.17, 15) is 4.79 Å². The van der Waals surface area contributed by atoms with Gasteiger partial charge in [0.05, 0.1) is 11.3 Å². The van der Waals surface area contributed by atoms with Gasteiger partial charge >= 0.3 is 5.97 Å². The summed E-state index contributed by atoms with van der Waals surface area (Å²) in [5, 5.41) is 12.9. The van der Waals surface area contributed by atoms with Crippen LogP contribution in [-0.4, -0.2) is 16.8 Å². The maximum absolute atomic E-state index is 10.6. The highest BCUT2D eigenvalue weighted by molar-refractivity contribution is 5.88. The highest BCUT2D eigenvalue weighted by atomic mass is 16.4. The molecule has 0 amide bonds. The largest absolute Gasteiger partial charge is 0.478 e. The molecule has 0 spiro atoms.